The van der Waals surface area contributed by atoms with E-state index < -0.39 is 23.7 Å². The van der Waals surface area contributed by atoms with Crippen LogP contribution in [0, 0.1) is 0 Å². The predicted octanol–water partition coefficient (Wildman–Crippen LogP) is 4.25. The number of hydrogen-bond donors (Lipinski definition) is 1. The molecule has 0 bridgehead atoms. The first-order valence-corrected chi connectivity index (χ1v) is 10.6. The number of piperazine rings is 1. The number of likely N-dealkylation sites (N-methyl/N-ethyl adjacent to an activating group) is 1. The van der Waals surface area contributed by atoms with Crippen LogP contribution in [0.25, 0.3) is 11.5 Å². The zero-order valence-corrected chi connectivity index (χ0v) is 18.4. The number of rotatable bonds is 5. The number of hydrogen-bond acceptors (Lipinski definition) is 8. The predicted molar refractivity (Wildman–Crippen MR) is 115 cm³/mol. The van der Waals surface area contributed by atoms with E-state index in [2.05, 4.69) is 35.1 Å². The lowest BCUT2D eigenvalue weighted by atomic mass is 10.3. The van der Waals surface area contributed by atoms with Gasteiger partial charge in [-0.1, -0.05) is 13.0 Å². The van der Waals surface area contributed by atoms with Crippen molar-refractivity contribution in [3.8, 4) is 11.5 Å². The van der Waals surface area contributed by atoms with E-state index in [4.69, 9.17) is 0 Å². The number of anilines is 3. The average Bonchev–Trinajstić information content (AvgIpc) is 2.83. The number of halogens is 6. The van der Waals surface area contributed by atoms with Crippen molar-refractivity contribution in [2.75, 3.05) is 42.9 Å². The van der Waals surface area contributed by atoms with E-state index >= 15 is 0 Å². The van der Waals surface area contributed by atoms with Crippen molar-refractivity contribution >= 4 is 17.6 Å². The van der Waals surface area contributed by atoms with Gasteiger partial charge in [-0.3, -0.25) is 4.98 Å². The minimum Gasteiger partial charge on any atom is -0.338 e. The molecule has 14 heteroatoms. The first kappa shape index (κ1) is 24.6. The fourth-order valence-corrected chi connectivity index (χ4v) is 3.45. The van der Waals surface area contributed by atoms with Crippen LogP contribution in [0.4, 0.5) is 43.9 Å². The molecule has 35 heavy (non-hydrogen) atoms. The van der Waals surface area contributed by atoms with Crippen LogP contribution < -0.4 is 10.2 Å². The number of aromatic nitrogens is 5. The summed E-state index contributed by atoms with van der Waals surface area (Å²) in [5, 5.41) is 2.68. The van der Waals surface area contributed by atoms with Crippen LogP contribution in [0.5, 0.6) is 0 Å². The molecule has 0 unspecified atom stereocenters. The SMILES string of the molecule is CCN1CCN(c2nc(Nc3ccnc(C(F)(F)F)c3)nc(-c3cccc(C(F)(F)F)n3)n2)CC1. The molecule has 0 aromatic carbocycles. The monoisotopic (exact) mass is 498 g/mol. The van der Waals surface area contributed by atoms with Crippen molar-refractivity contribution in [1.82, 2.24) is 29.8 Å². The molecule has 0 amide bonds. The van der Waals surface area contributed by atoms with E-state index in [1.807, 2.05) is 11.8 Å². The van der Waals surface area contributed by atoms with Crippen LogP contribution in [-0.4, -0.2) is 62.5 Å². The van der Waals surface area contributed by atoms with Crippen LogP contribution in [-0.2, 0) is 12.4 Å². The van der Waals surface area contributed by atoms with Gasteiger partial charge in [0.05, 0.1) is 0 Å². The second-order valence-corrected chi connectivity index (χ2v) is 7.66. The Bertz CT molecular complexity index is 1170. The van der Waals surface area contributed by atoms with Gasteiger partial charge in [0.15, 0.2) is 5.82 Å². The topological polar surface area (TPSA) is 83.0 Å². The highest BCUT2D eigenvalue weighted by atomic mass is 19.4. The summed E-state index contributed by atoms with van der Waals surface area (Å²) in [5.41, 5.74) is -2.38. The van der Waals surface area contributed by atoms with Gasteiger partial charge in [-0.25, -0.2) is 4.98 Å². The van der Waals surface area contributed by atoms with Gasteiger partial charge in [0.25, 0.3) is 0 Å². The largest absolute Gasteiger partial charge is 0.433 e. The van der Waals surface area contributed by atoms with Gasteiger partial charge in [0, 0.05) is 38.1 Å². The Hall–Kier alpha value is -3.55. The normalized spacial score (nSPS) is 15.3. The third-order valence-corrected chi connectivity index (χ3v) is 5.30. The first-order chi connectivity index (χ1) is 16.5. The Balaban J connectivity index is 1.72. The van der Waals surface area contributed by atoms with E-state index in [1.54, 1.807) is 0 Å². The van der Waals surface area contributed by atoms with Gasteiger partial charge >= 0.3 is 12.4 Å². The highest BCUT2D eigenvalue weighted by Crippen LogP contribution is 2.31. The maximum absolute atomic E-state index is 13.2. The molecule has 0 aliphatic carbocycles. The van der Waals surface area contributed by atoms with Gasteiger partial charge in [-0.05, 0) is 30.8 Å². The van der Waals surface area contributed by atoms with Crippen molar-refractivity contribution in [3.63, 3.8) is 0 Å². The Morgan fingerprint density at radius 2 is 1.57 bits per heavy atom. The number of alkyl halides is 6. The smallest absolute Gasteiger partial charge is 0.338 e. The van der Waals surface area contributed by atoms with E-state index in [0.29, 0.717) is 13.1 Å². The standard InChI is InChI=1S/C21H20F6N8/c1-2-34-8-10-35(11-9-34)19-32-17(14-4-3-5-15(30-14)20(22,23)24)31-18(33-19)29-13-6-7-28-16(12-13)21(25,26)27/h3-7,12H,2,8-11H2,1H3,(H,28,29,31,32,33). The summed E-state index contributed by atoms with van der Waals surface area (Å²) in [6.07, 6.45) is -8.35. The van der Waals surface area contributed by atoms with Gasteiger partial charge < -0.3 is 15.1 Å². The van der Waals surface area contributed by atoms with Crippen LogP contribution >= 0.6 is 0 Å². The molecule has 4 heterocycles. The summed E-state index contributed by atoms with van der Waals surface area (Å²) in [5.74, 6) is -0.106. The van der Waals surface area contributed by atoms with Crippen molar-refractivity contribution in [2.45, 2.75) is 19.3 Å². The van der Waals surface area contributed by atoms with Crippen molar-refractivity contribution < 1.29 is 26.3 Å². The number of nitrogens with one attached hydrogen (secondary N) is 1. The van der Waals surface area contributed by atoms with E-state index in [0.717, 1.165) is 38.0 Å². The first-order valence-electron chi connectivity index (χ1n) is 10.6. The van der Waals surface area contributed by atoms with Crippen molar-refractivity contribution in [3.05, 3.63) is 47.9 Å². The lowest BCUT2D eigenvalue weighted by molar-refractivity contribution is -0.141. The fraction of sp³-hybridized carbons (Fsp3) is 0.381. The zero-order valence-electron chi connectivity index (χ0n) is 18.4. The van der Waals surface area contributed by atoms with Gasteiger partial charge in [-0.2, -0.15) is 41.3 Å². The average molecular weight is 498 g/mol. The van der Waals surface area contributed by atoms with Crippen LogP contribution in [0.3, 0.4) is 0 Å². The Kier molecular flexibility index (Phi) is 6.74. The molecule has 1 saturated heterocycles. The van der Waals surface area contributed by atoms with Crippen molar-refractivity contribution in [1.29, 1.82) is 0 Å². The highest BCUT2D eigenvalue weighted by molar-refractivity contribution is 5.59. The molecule has 1 aliphatic heterocycles. The summed E-state index contributed by atoms with van der Waals surface area (Å²) in [6.45, 7) is 5.45. The van der Waals surface area contributed by atoms with Gasteiger partial charge in [0.2, 0.25) is 11.9 Å². The fourth-order valence-electron chi connectivity index (χ4n) is 3.45. The molecule has 0 atom stereocenters. The minimum atomic E-state index is -4.67. The molecular weight excluding hydrogens is 478 g/mol. The summed E-state index contributed by atoms with van der Waals surface area (Å²) >= 11 is 0. The third kappa shape index (κ3) is 5.93. The maximum atomic E-state index is 13.2. The maximum Gasteiger partial charge on any atom is 0.433 e. The molecule has 8 nitrogen and oxygen atoms in total. The highest BCUT2D eigenvalue weighted by Gasteiger charge is 2.33. The van der Waals surface area contributed by atoms with Crippen LogP contribution in [0.2, 0.25) is 0 Å². The van der Waals surface area contributed by atoms with E-state index in [1.165, 1.54) is 18.2 Å². The molecule has 1 aliphatic rings. The van der Waals surface area contributed by atoms with Crippen LogP contribution in [0.15, 0.2) is 36.5 Å². The lowest BCUT2D eigenvalue weighted by Crippen LogP contribution is -2.46. The number of pyridine rings is 2. The molecule has 1 fully saturated rings. The molecule has 0 saturated carbocycles. The lowest BCUT2D eigenvalue weighted by Gasteiger charge is -2.34. The Morgan fingerprint density at radius 1 is 0.857 bits per heavy atom. The second kappa shape index (κ2) is 9.60. The van der Waals surface area contributed by atoms with Crippen molar-refractivity contribution in [2.24, 2.45) is 0 Å². The van der Waals surface area contributed by atoms with Crippen LogP contribution in [0.1, 0.15) is 18.3 Å². The van der Waals surface area contributed by atoms with E-state index in [9.17, 15) is 26.3 Å². The summed E-state index contributed by atoms with van der Waals surface area (Å²) in [6, 6.07) is 5.40. The molecular formula is C21H20F6N8. The van der Waals surface area contributed by atoms with Gasteiger partial charge in [-0.15, -0.1) is 0 Å². The summed E-state index contributed by atoms with van der Waals surface area (Å²) in [4.78, 5) is 23.8. The quantitative estimate of drug-likeness (QED) is 0.523. The Labute approximate surface area is 196 Å². The molecule has 0 spiro atoms. The van der Waals surface area contributed by atoms with Gasteiger partial charge in [0.1, 0.15) is 17.1 Å². The molecule has 186 valence electrons. The third-order valence-electron chi connectivity index (χ3n) is 5.30. The molecule has 3 aromatic heterocycles. The molecule has 4 rings (SSSR count). The number of nitrogens with zero attached hydrogens (tertiary/aromatic N) is 7. The molecule has 3 aromatic rings. The summed E-state index contributed by atoms with van der Waals surface area (Å²) in [7, 11) is 0. The minimum absolute atomic E-state index is 0.00299. The zero-order chi connectivity index (χ0) is 25.2. The molecule has 1 N–H and O–H groups in total. The Morgan fingerprint density at radius 3 is 2.23 bits per heavy atom. The van der Waals surface area contributed by atoms with E-state index in [-0.39, 0.29) is 29.1 Å². The molecule has 0 radical (unpaired) electrons. The summed E-state index contributed by atoms with van der Waals surface area (Å²) < 4.78 is 78.7. The second-order valence-electron chi connectivity index (χ2n) is 7.66.